The summed E-state index contributed by atoms with van der Waals surface area (Å²) in [4.78, 5) is 14.4. The molecular weight excluding hydrogens is 332 g/mol. The van der Waals surface area contributed by atoms with Crippen LogP contribution >= 0.6 is 0 Å². The average molecular weight is 356 g/mol. The summed E-state index contributed by atoms with van der Waals surface area (Å²) in [6, 6.07) is 8.88. The van der Waals surface area contributed by atoms with E-state index < -0.39 is 0 Å². The Morgan fingerprint density at radius 3 is 2.50 bits per heavy atom. The van der Waals surface area contributed by atoms with Crippen molar-refractivity contribution in [1.82, 2.24) is 15.1 Å². The van der Waals surface area contributed by atoms with Crippen LogP contribution in [-0.4, -0.2) is 48.3 Å². The highest BCUT2D eigenvalue weighted by molar-refractivity contribution is 5.92. The predicted octanol–water partition coefficient (Wildman–Crippen LogP) is 3.11. The smallest absolute Gasteiger partial charge is 0.274 e. The van der Waals surface area contributed by atoms with Crippen molar-refractivity contribution >= 4 is 17.4 Å². The van der Waals surface area contributed by atoms with Crippen LogP contribution in [-0.2, 0) is 0 Å². The molecule has 7 heteroatoms. The molecular formula is C19H24N4O3. The van der Waals surface area contributed by atoms with Crippen molar-refractivity contribution in [1.29, 1.82) is 0 Å². The molecule has 26 heavy (non-hydrogen) atoms. The van der Waals surface area contributed by atoms with E-state index in [0.29, 0.717) is 34.6 Å². The third-order valence-electron chi connectivity index (χ3n) is 4.62. The lowest BCUT2D eigenvalue weighted by Crippen LogP contribution is -2.38. The van der Waals surface area contributed by atoms with E-state index in [1.54, 1.807) is 26.4 Å². The fourth-order valence-electron chi connectivity index (χ4n) is 2.94. The number of ether oxygens (including phenoxy) is 2. The third kappa shape index (κ3) is 4.04. The molecule has 0 bridgehead atoms. The molecule has 1 aromatic carbocycles. The van der Waals surface area contributed by atoms with Crippen molar-refractivity contribution in [2.24, 2.45) is 5.92 Å². The summed E-state index contributed by atoms with van der Waals surface area (Å²) >= 11 is 0. The van der Waals surface area contributed by atoms with Crippen molar-refractivity contribution in [3.05, 3.63) is 36.0 Å². The molecule has 1 fully saturated rings. The van der Waals surface area contributed by atoms with Gasteiger partial charge in [0.1, 0.15) is 11.5 Å². The van der Waals surface area contributed by atoms with Crippen molar-refractivity contribution in [2.45, 2.75) is 19.8 Å². The first-order valence-electron chi connectivity index (χ1n) is 8.72. The molecule has 2 heterocycles. The number of aromatic nitrogens is 2. The van der Waals surface area contributed by atoms with Crippen molar-refractivity contribution < 1.29 is 14.3 Å². The molecule has 7 nitrogen and oxygen atoms in total. The van der Waals surface area contributed by atoms with Crippen LogP contribution in [0.2, 0.25) is 0 Å². The summed E-state index contributed by atoms with van der Waals surface area (Å²) in [5.74, 6) is 2.51. The molecule has 0 spiro atoms. The third-order valence-corrected chi connectivity index (χ3v) is 4.62. The van der Waals surface area contributed by atoms with Crippen LogP contribution in [0.5, 0.6) is 11.5 Å². The number of hydrogen-bond acceptors (Lipinski definition) is 6. The Hall–Kier alpha value is -2.83. The van der Waals surface area contributed by atoms with E-state index >= 15 is 0 Å². The van der Waals surface area contributed by atoms with Crippen LogP contribution in [0.4, 0.5) is 11.5 Å². The van der Waals surface area contributed by atoms with Gasteiger partial charge in [-0.05, 0) is 43.0 Å². The number of nitrogens with zero attached hydrogens (tertiary/aromatic N) is 3. The van der Waals surface area contributed by atoms with Gasteiger partial charge in [-0.15, -0.1) is 10.2 Å². The summed E-state index contributed by atoms with van der Waals surface area (Å²) in [6.07, 6.45) is 2.07. The number of amides is 1. The van der Waals surface area contributed by atoms with Gasteiger partial charge in [0.05, 0.1) is 19.9 Å². The van der Waals surface area contributed by atoms with Crippen molar-refractivity contribution in [3.63, 3.8) is 0 Å². The van der Waals surface area contributed by atoms with Gasteiger partial charge in [0.25, 0.3) is 5.91 Å². The molecule has 0 radical (unpaired) electrons. The number of nitrogens with one attached hydrogen (secondary N) is 1. The molecule has 1 N–H and O–H groups in total. The Morgan fingerprint density at radius 2 is 1.88 bits per heavy atom. The van der Waals surface area contributed by atoms with E-state index in [4.69, 9.17) is 9.47 Å². The molecule has 0 aliphatic carbocycles. The number of carbonyl (C=O) groups is 1. The Labute approximate surface area is 153 Å². The number of carbonyl (C=O) groups excluding carboxylic acids is 1. The first-order valence-corrected chi connectivity index (χ1v) is 8.72. The number of hydrogen-bond donors (Lipinski definition) is 1. The number of rotatable bonds is 5. The Kier molecular flexibility index (Phi) is 5.55. The fourth-order valence-corrected chi connectivity index (χ4v) is 2.94. The van der Waals surface area contributed by atoms with Crippen LogP contribution in [0.15, 0.2) is 30.3 Å². The predicted molar refractivity (Wildman–Crippen MR) is 99.2 cm³/mol. The van der Waals surface area contributed by atoms with Crippen LogP contribution in [0.3, 0.4) is 0 Å². The highest BCUT2D eigenvalue weighted by Gasteiger charge is 2.22. The molecule has 3 rings (SSSR count). The highest BCUT2D eigenvalue weighted by Crippen LogP contribution is 2.30. The Bertz CT molecular complexity index is 756. The normalized spacial score (nSPS) is 14.8. The van der Waals surface area contributed by atoms with Gasteiger partial charge in [0.15, 0.2) is 11.5 Å². The minimum atomic E-state index is -0.0603. The number of piperidine rings is 1. The molecule has 138 valence electrons. The number of anilines is 2. The van der Waals surface area contributed by atoms with Gasteiger partial charge in [0.2, 0.25) is 0 Å². The first kappa shape index (κ1) is 18.0. The molecule has 0 atom stereocenters. The van der Waals surface area contributed by atoms with E-state index in [0.717, 1.165) is 25.9 Å². The number of benzene rings is 1. The second-order valence-electron chi connectivity index (χ2n) is 6.47. The summed E-state index contributed by atoms with van der Waals surface area (Å²) in [7, 11) is 3.20. The molecule has 1 saturated heterocycles. The lowest BCUT2D eigenvalue weighted by Gasteiger charge is -2.29. The lowest BCUT2D eigenvalue weighted by atomic mass is 9.99. The van der Waals surface area contributed by atoms with Crippen LogP contribution in [0, 0.1) is 5.92 Å². The topological polar surface area (TPSA) is 76.6 Å². The molecule has 0 unspecified atom stereocenters. The number of likely N-dealkylation sites (tertiary alicyclic amines) is 1. The summed E-state index contributed by atoms with van der Waals surface area (Å²) in [5.41, 5.74) is 1.08. The Balaban J connectivity index is 1.71. The van der Waals surface area contributed by atoms with E-state index in [1.165, 1.54) is 0 Å². The van der Waals surface area contributed by atoms with Crippen LogP contribution in [0.1, 0.15) is 30.3 Å². The van der Waals surface area contributed by atoms with Gasteiger partial charge in [0, 0.05) is 19.2 Å². The van der Waals surface area contributed by atoms with Gasteiger partial charge in [-0.3, -0.25) is 4.79 Å². The maximum atomic E-state index is 12.5. The van der Waals surface area contributed by atoms with E-state index in [-0.39, 0.29) is 5.91 Å². The maximum Gasteiger partial charge on any atom is 0.274 e. The summed E-state index contributed by atoms with van der Waals surface area (Å²) in [5, 5.41) is 11.4. The van der Waals surface area contributed by atoms with E-state index in [2.05, 4.69) is 22.4 Å². The van der Waals surface area contributed by atoms with Crippen molar-refractivity contribution in [2.75, 3.05) is 32.6 Å². The minimum absolute atomic E-state index is 0.0603. The standard InChI is InChI=1S/C19H24N4O3/c1-13-8-10-23(11-9-13)19(24)15-5-7-18(22-21-15)20-16-12-14(25-2)4-6-17(16)26-3/h4-7,12-13H,8-11H2,1-3H3,(H,20,22). The zero-order valence-corrected chi connectivity index (χ0v) is 15.4. The van der Waals surface area contributed by atoms with Gasteiger partial charge < -0.3 is 19.7 Å². The van der Waals surface area contributed by atoms with E-state index in [9.17, 15) is 4.79 Å². The number of methoxy groups -OCH3 is 2. The summed E-state index contributed by atoms with van der Waals surface area (Å²) < 4.78 is 10.6. The minimum Gasteiger partial charge on any atom is -0.497 e. The molecule has 2 aromatic rings. The first-order chi connectivity index (χ1) is 12.6. The average Bonchev–Trinajstić information content (AvgIpc) is 2.68. The molecule has 1 aliphatic rings. The zero-order chi connectivity index (χ0) is 18.5. The molecule has 0 saturated carbocycles. The van der Waals surface area contributed by atoms with E-state index in [1.807, 2.05) is 23.1 Å². The second-order valence-corrected chi connectivity index (χ2v) is 6.47. The zero-order valence-electron chi connectivity index (χ0n) is 15.4. The molecule has 1 aromatic heterocycles. The molecule has 1 amide bonds. The van der Waals surface area contributed by atoms with Gasteiger partial charge in [-0.2, -0.15) is 0 Å². The van der Waals surface area contributed by atoms with Gasteiger partial charge >= 0.3 is 0 Å². The fraction of sp³-hybridized carbons (Fsp3) is 0.421. The maximum absolute atomic E-state index is 12.5. The monoisotopic (exact) mass is 356 g/mol. The highest BCUT2D eigenvalue weighted by atomic mass is 16.5. The SMILES string of the molecule is COc1ccc(OC)c(Nc2ccc(C(=O)N3CCC(C)CC3)nn2)c1. The second kappa shape index (κ2) is 8.03. The van der Waals surface area contributed by atoms with Crippen molar-refractivity contribution in [3.8, 4) is 11.5 Å². The van der Waals surface area contributed by atoms with Gasteiger partial charge in [-0.1, -0.05) is 6.92 Å². The van der Waals surface area contributed by atoms with Crippen LogP contribution < -0.4 is 14.8 Å². The largest absolute Gasteiger partial charge is 0.497 e. The Morgan fingerprint density at radius 1 is 1.12 bits per heavy atom. The summed E-state index contributed by atoms with van der Waals surface area (Å²) in [6.45, 7) is 3.78. The lowest BCUT2D eigenvalue weighted by molar-refractivity contribution is 0.0690. The van der Waals surface area contributed by atoms with Crippen LogP contribution in [0.25, 0.3) is 0 Å². The molecule has 1 aliphatic heterocycles. The van der Waals surface area contributed by atoms with Gasteiger partial charge in [-0.25, -0.2) is 0 Å². The quantitative estimate of drug-likeness (QED) is 0.887.